The van der Waals surface area contributed by atoms with E-state index in [1.807, 2.05) is 0 Å². The van der Waals surface area contributed by atoms with Crippen LogP contribution in [0.4, 0.5) is 0 Å². The summed E-state index contributed by atoms with van der Waals surface area (Å²) in [5, 5.41) is 0. The van der Waals surface area contributed by atoms with E-state index in [0.29, 0.717) is 0 Å². The van der Waals surface area contributed by atoms with Gasteiger partial charge in [-0.2, -0.15) is 0 Å². The van der Waals surface area contributed by atoms with E-state index in [-0.39, 0.29) is 11.9 Å². The van der Waals surface area contributed by atoms with Crippen LogP contribution in [0.1, 0.15) is 12.8 Å². The number of rotatable bonds is 1. The molecule has 0 aromatic heterocycles. The van der Waals surface area contributed by atoms with Gasteiger partial charge in [0.15, 0.2) is 0 Å². The molecule has 0 aliphatic carbocycles. The molecular formula is C7H12ClNO2. The van der Waals surface area contributed by atoms with Gasteiger partial charge >= 0.3 is 5.97 Å². The zero-order valence-corrected chi connectivity index (χ0v) is 7.30. The summed E-state index contributed by atoms with van der Waals surface area (Å²) in [6.45, 7) is 1.56. The van der Waals surface area contributed by atoms with Crippen LogP contribution in [0.5, 0.6) is 0 Å². The lowest BCUT2D eigenvalue weighted by atomic mass is 9.99. The van der Waals surface area contributed by atoms with E-state index < -0.39 is 0 Å². The minimum absolute atomic E-state index is 0.0648. The second kappa shape index (κ2) is 3.93. The van der Waals surface area contributed by atoms with Crippen molar-refractivity contribution in [3.63, 3.8) is 0 Å². The van der Waals surface area contributed by atoms with Gasteiger partial charge in [0.1, 0.15) is 0 Å². The summed E-state index contributed by atoms with van der Waals surface area (Å²) in [4.78, 5) is 11.0. The molecule has 0 aromatic rings. The van der Waals surface area contributed by atoms with Crippen LogP contribution in [0.3, 0.4) is 0 Å². The maximum absolute atomic E-state index is 11.0. The maximum Gasteiger partial charge on any atom is 0.308 e. The fourth-order valence-electron chi connectivity index (χ4n) is 1.25. The van der Waals surface area contributed by atoms with E-state index in [2.05, 4.69) is 4.74 Å². The Balaban J connectivity index is 2.33. The lowest BCUT2D eigenvalue weighted by Crippen LogP contribution is -2.31. The fraction of sp³-hybridized carbons (Fsp3) is 0.857. The van der Waals surface area contributed by atoms with Crippen molar-refractivity contribution in [3.8, 4) is 0 Å². The van der Waals surface area contributed by atoms with Crippen LogP contribution in [0.25, 0.3) is 0 Å². The van der Waals surface area contributed by atoms with E-state index in [0.717, 1.165) is 25.9 Å². The Morgan fingerprint density at radius 3 is 2.55 bits per heavy atom. The number of halogens is 1. The Morgan fingerprint density at radius 1 is 1.55 bits per heavy atom. The van der Waals surface area contributed by atoms with E-state index in [9.17, 15) is 4.79 Å². The molecule has 0 unspecified atom stereocenters. The highest BCUT2D eigenvalue weighted by molar-refractivity contribution is 6.13. The molecular weight excluding hydrogens is 166 g/mol. The third-order valence-corrected chi connectivity index (χ3v) is 2.31. The number of piperidine rings is 1. The number of ether oxygens (including phenoxy) is 1. The third kappa shape index (κ3) is 2.34. The van der Waals surface area contributed by atoms with Gasteiger partial charge in [-0.1, -0.05) is 0 Å². The van der Waals surface area contributed by atoms with E-state index in [4.69, 9.17) is 11.8 Å². The predicted molar refractivity (Wildman–Crippen MR) is 42.2 cm³/mol. The molecule has 1 heterocycles. The first-order valence-corrected chi connectivity index (χ1v) is 4.06. The number of carbonyl (C=O) groups is 1. The molecule has 0 aromatic carbocycles. The number of nitrogens with zero attached hydrogens (tertiary/aromatic N) is 1. The summed E-state index contributed by atoms with van der Waals surface area (Å²) in [6, 6.07) is 0. The van der Waals surface area contributed by atoms with Crippen LogP contribution in [-0.2, 0) is 9.53 Å². The van der Waals surface area contributed by atoms with E-state index in [1.54, 1.807) is 4.42 Å². The van der Waals surface area contributed by atoms with E-state index in [1.165, 1.54) is 7.11 Å². The van der Waals surface area contributed by atoms with Crippen LogP contribution >= 0.6 is 11.8 Å². The Morgan fingerprint density at radius 2 is 2.09 bits per heavy atom. The van der Waals surface area contributed by atoms with Gasteiger partial charge in [-0.05, 0) is 24.6 Å². The molecule has 0 N–H and O–H groups in total. The van der Waals surface area contributed by atoms with Gasteiger partial charge in [-0.3, -0.25) is 4.79 Å². The highest BCUT2D eigenvalue weighted by atomic mass is 35.5. The Kier molecular flexibility index (Phi) is 3.15. The van der Waals surface area contributed by atoms with Gasteiger partial charge in [-0.15, -0.1) is 0 Å². The van der Waals surface area contributed by atoms with E-state index >= 15 is 0 Å². The highest BCUT2D eigenvalue weighted by Crippen LogP contribution is 2.18. The number of carbonyl (C=O) groups excluding carboxylic acids is 1. The maximum atomic E-state index is 11.0. The standard InChI is InChI=1S/C7H12ClNO2/c1-11-7(10)6-2-4-9(8)5-3-6/h6H,2-5H2,1H3. The zero-order valence-electron chi connectivity index (χ0n) is 6.55. The molecule has 3 nitrogen and oxygen atoms in total. The second-order valence-electron chi connectivity index (χ2n) is 2.71. The molecule has 1 aliphatic rings. The summed E-state index contributed by atoms with van der Waals surface area (Å²) >= 11 is 5.71. The molecule has 0 saturated carbocycles. The summed E-state index contributed by atoms with van der Waals surface area (Å²) in [5.41, 5.74) is 0. The molecule has 11 heavy (non-hydrogen) atoms. The number of hydrogen-bond donors (Lipinski definition) is 0. The normalized spacial score (nSPS) is 21.6. The molecule has 0 spiro atoms. The quantitative estimate of drug-likeness (QED) is 0.443. The molecule has 1 fully saturated rings. The predicted octanol–water partition coefficient (Wildman–Crippen LogP) is 1.03. The molecule has 1 rings (SSSR count). The summed E-state index contributed by atoms with van der Waals surface area (Å²) in [5.74, 6) is -0.0373. The van der Waals surface area contributed by atoms with Crippen molar-refractivity contribution in [1.29, 1.82) is 0 Å². The molecule has 4 heteroatoms. The fourth-order valence-corrected chi connectivity index (χ4v) is 1.45. The van der Waals surface area contributed by atoms with Gasteiger partial charge in [0, 0.05) is 13.1 Å². The monoisotopic (exact) mass is 177 g/mol. The van der Waals surface area contributed by atoms with Crippen LogP contribution in [0, 0.1) is 5.92 Å². The number of esters is 1. The third-order valence-electron chi connectivity index (χ3n) is 1.97. The largest absolute Gasteiger partial charge is 0.469 e. The first-order chi connectivity index (χ1) is 5.24. The van der Waals surface area contributed by atoms with Gasteiger partial charge in [-0.25, -0.2) is 4.42 Å². The van der Waals surface area contributed by atoms with Gasteiger partial charge < -0.3 is 4.74 Å². The van der Waals surface area contributed by atoms with Gasteiger partial charge in [0.2, 0.25) is 0 Å². The average Bonchev–Trinajstić information content (AvgIpc) is 2.05. The molecule has 0 radical (unpaired) electrons. The SMILES string of the molecule is COC(=O)C1CCN(Cl)CC1. The van der Waals surface area contributed by atoms with Crippen molar-refractivity contribution >= 4 is 17.7 Å². The lowest BCUT2D eigenvalue weighted by molar-refractivity contribution is -0.146. The smallest absolute Gasteiger partial charge is 0.308 e. The average molecular weight is 178 g/mol. The molecule has 64 valence electrons. The van der Waals surface area contributed by atoms with Crippen LogP contribution in [0.15, 0.2) is 0 Å². The van der Waals surface area contributed by atoms with Crippen molar-refractivity contribution < 1.29 is 9.53 Å². The molecule has 0 bridgehead atoms. The molecule has 1 aliphatic heterocycles. The summed E-state index contributed by atoms with van der Waals surface area (Å²) in [6.07, 6.45) is 1.63. The second-order valence-corrected chi connectivity index (χ2v) is 3.19. The summed E-state index contributed by atoms with van der Waals surface area (Å²) in [7, 11) is 1.43. The van der Waals surface area contributed by atoms with Gasteiger partial charge in [0.05, 0.1) is 13.0 Å². The highest BCUT2D eigenvalue weighted by Gasteiger charge is 2.24. The van der Waals surface area contributed by atoms with Gasteiger partial charge in [0.25, 0.3) is 0 Å². The summed E-state index contributed by atoms with van der Waals surface area (Å²) < 4.78 is 6.33. The van der Waals surface area contributed by atoms with Crippen molar-refractivity contribution in [2.75, 3.05) is 20.2 Å². The Labute approximate surface area is 71.4 Å². The minimum Gasteiger partial charge on any atom is -0.469 e. The van der Waals surface area contributed by atoms with Crippen LogP contribution in [0.2, 0.25) is 0 Å². The molecule has 0 atom stereocenters. The Hall–Kier alpha value is -0.280. The van der Waals surface area contributed by atoms with Crippen molar-refractivity contribution in [2.45, 2.75) is 12.8 Å². The van der Waals surface area contributed by atoms with Crippen LogP contribution < -0.4 is 0 Å². The van der Waals surface area contributed by atoms with Crippen molar-refractivity contribution in [3.05, 3.63) is 0 Å². The van der Waals surface area contributed by atoms with Crippen molar-refractivity contribution in [1.82, 2.24) is 4.42 Å². The van der Waals surface area contributed by atoms with Crippen LogP contribution in [-0.4, -0.2) is 30.6 Å². The number of methoxy groups -OCH3 is 1. The topological polar surface area (TPSA) is 29.5 Å². The lowest BCUT2D eigenvalue weighted by Gasteiger charge is -2.24. The first-order valence-electron chi connectivity index (χ1n) is 3.72. The zero-order chi connectivity index (χ0) is 8.27. The first kappa shape index (κ1) is 8.81. The Bertz CT molecular complexity index is 143. The molecule has 0 amide bonds. The molecule has 1 saturated heterocycles. The van der Waals surface area contributed by atoms with Crippen molar-refractivity contribution in [2.24, 2.45) is 5.92 Å². The number of hydrogen-bond acceptors (Lipinski definition) is 3. The minimum atomic E-state index is -0.102.